The Bertz CT molecular complexity index is 922. The number of hydrogen-bond donors (Lipinski definition) is 0. The fourth-order valence-corrected chi connectivity index (χ4v) is 3.66. The molecule has 0 atom stereocenters. The second kappa shape index (κ2) is 7.50. The molecular weight excluding hydrogens is 392 g/mol. The number of nitrogens with zero attached hydrogens (tertiary/aromatic N) is 4. The number of hydrogen-bond acceptors (Lipinski definition) is 5. The number of benzene rings is 1. The van der Waals surface area contributed by atoms with Crippen molar-refractivity contribution in [1.82, 2.24) is 19.3 Å². The van der Waals surface area contributed by atoms with E-state index in [4.69, 9.17) is 4.74 Å². The monoisotopic (exact) mass is 408 g/mol. The molecule has 0 aliphatic carbocycles. The average Bonchev–Trinajstić information content (AvgIpc) is 2.98. The van der Waals surface area contributed by atoms with Crippen LogP contribution >= 0.6 is 27.7 Å². The molecule has 0 amide bonds. The first-order chi connectivity index (χ1) is 11.6. The van der Waals surface area contributed by atoms with Crippen LogP contribution < -0.4 is 5.56 Å². The molecule has 0 bridgehead atoms. The number of methoxy groups -OCH3 is 1. The van der Waals surface area contributed by atoms with Gasteiger partial charge in [-0.1, -0.05) is 27.7 Å². The van der Waals surface area contributed by atoms with Crippen molar-refractivity contribution in [1.29, 1.82) is 0 Å². The number of aryl methyl sites for hydroxylation is 1. The van der Waals surface area contributed by atoms with Crippen LogP contribution in [0.15, 0.2) is 45.0 Å². The predicted molar refractivity (Wildman–Crippen MR) is 98.3 cm³/mol. The highest BCUT2D eigenvalue weighted by Gasteiger charge is 2.12. The zero-order valence-corrected chi connectivity index (χ0v) is 15.8. The molecule has 0 saturated heterocycles. The summed E-state index contributed by atoms with van der Waals surface area (Å²) in [6.45, 7) is 0.932. The zero-order chi connectivity index (χ0) is 17.1. The van der Waals surface area contributed by atoms with Crippen LogP contribution in [-0.2, 0) is 24.1 Å². The van der Waals surface area contributed by atoms with Crippen LogP contribution in [0.4, 0.5) is 0 Å². The molecule has 2 aromatic heterocycles. The number of rotatable bonds is 6. The lowest BCUT2D eigenvalue weighted by atomic mass is 10.2. The third kappa shape index (κ3) is 3.71. The van der Waals surface area contributed by atoms with E-state index in [0.29, 0.717) is 35.0 Å². The number of fused-ring (bicyclic) bond motifs is 1. The van der Waals surface area contributed by atoms with Gasteiger partial charge in [0.2, 0.25) is 0 Å². The van der Waals surface area contributed by atoms with Crippen molar-refractivity contribution in [3.05, 3.63) is 51.0 Å². The Morgan fingerprint density at radius 3 is 2.92 bits per heavy atom. The average molecular weight is 409 g/mol. The molecule has 6 nitrogen and oxygen atoms in total. The van der Waals surface area contributed by atoms with Crippen LogP contribution in [0, 0.1) is 0 Å². The van der Waals surface area contributed by atoms with Crippen molar-refractivity contribution in [2.24, 2.45) is 7.05 Å². The largest absolute Gasteiger partial charge is 0.383 e. The third-order valence-corrected chi connectivity index (χ3v) is 5.07. The quantitative estimate of drug-likeness (QED) is 0.463. The summed E-state index contributed by atoms with van der Waals surface area (Å²) in [6.07, 6.45) is 3.78. The van der Waals surface area contributed by atoms with Gasteiger partial charge in [-0.15, -0.1) is 0 Å². The molecule has 0 unspecified atom stereocenters. The molecule has 0 fully saturated rings. The van der Waals surface area contributed by atoms with E-state index in [2.05, 4.69) is 26.0 Å². The third-order valence-electron chi connectivity index (χ3n) is 3.53. The number of aromatic nitrogens is 4. The Morgan fingerprint density at radius 1 is 1.38 bits per heavy atom. The molecule has 0 radical (unpaired) electrons. The van der Waals surface area contributed by atoms with Crippen molar-refractivity contribution in [3.8, 4) is 0 Å². The molecule has 0 saturated carbocycles. The van der Waals surface area contributed by atoms with Crippen LogP contribution in [0.5, 0.6) is 0 Å². The summed E-state index contributed by atoms with van der Waals surface area (Å²) < 4.78 is 9.45. The molecule has 3 rings (SSSR count). The first-order valence-electron chi connectivity index (χ1n) is 7.38. The minimum absolute atomic E-state index is 0.0490. The highest BCUT2D eigenvalue weighted by atomic mass is 79.9. The van der Waals surface area contributed by atoms with Crippen LogP contribution in [0.2, 0.25) is 0 Å². The van der Waals surface area contributed by atoms with Crippen LogP contribution in [0.25, 0.3) is 10.9 Å². The number of halogens is 1. The summed E-state index contributed by atoms with van der Waals surface area (Å²) >= 11 is 4.94. The van der Waals surface area contributed by atoms with E-state index >= 15 is 0 Å². The van der Waals surface area contributed by atoms with Crippen LogP contribution in [0.1, 0.15) is 5.56 Å². The minimum atomic E-state index is -0.0490. The predicted octanol–water partition coefficient (Wildman–Crippen LogP) is 2.83. The van der Waals surface area contributed by atoms with Gasteiger partial charge in [-0.25, -0.2) is 4.98 Å². The van der Waals surface area contributed by atoms with E-state index in [1.165, 1.54) is 11.8 Å². The highest BCUT2D eigenvalue weighted by molar-refractivity contribution is 9.10. The van der Waals surface area contributed by atoms with Gasteiger partial charge in [0, 0.05) is 36.1 Å². The topological polar surface area (TPSA) is 61.9 Å². The Kier molecular flexibility index (Phi) is 5.37. The van der Waals surface area contributed by atoms with E-state index in [0.717, 1.165) is 10.0 Å². The van der Waals surface area contributed by atoms with Gasteiger partial charge >= 0.3 is 0 Å². The Labute approximate surface area is 152 Å². The molecule has 126 valence electrons. The number of ether oxygens (including phenoxy) is 1. The van der Waals surface area contributed by atoms with E-state index in [1.54, 1.807) is 16.4 Å². The Balaban J connectivity index is 2.00. The summed E-state index contributed by atoms with van der Waals surface area (Å²) in [5, 5.41) is 5.46. The van der Waals surface area contributed by atoms with Gasteiger partial charge in [0.05, 0.1) is 30.3 Å². The lowest BCUT2D eigenvalue weighted by Gasteiger charge is -2.12. The lowest BCUT2D eigenvalue weighted by Crippen LogP contribution is -2.25. The summed E-state index contributed by atoms with van der Waals surface area (Å²) in [7, 11) is 3.51. The maximum Gasteiger partial charge on any atom is 0.262 e. The first-order valence-corrected chi connectivity index (χ1v) is 9.15. The molecule has 0 aliphatic heterocycles. The Hall–Kier alpha value is -1.64. The van der Waals surface area contributed by atoms with Gasteiger partial charge in [0.25, 0.3) is 5.56 Å². The molecule has 3 aromatic rings. The molecule has 0 spiro atoms. The van der Waals surface area contributed by atoms with Crippen molar-refractivity contribution >= 4 is 38.6 Å². The van der Waals surface area contributed by atoms with E-state index < -0.39 is 0 Å². The summed E-state index contributed by atoms with van der Waals surface area (Å²) in [4.78, 5) is 17.5. The summed E-state index contributed by atoms with van der Waals surface area (Å²) in [6, 6.07) is 5.56. The van der Waals surface area contributed by atoms with Gasteiger partial charge in [0.1, 0.15) is 0 Å². The van der Waals surface area contributed by atoms with Gasteiger partial charge in [0.15, 0.2) is 5.16 Å². The molecule has 1 aromatic carbocycles. The molecule has 8 heteroatoms. The minimum Gasteiger partial charge on any atom is -0.383 e. The van der Waals surface area contributed by atoms with Crippen LogP contribution in [0.3, 0.4) is 0 Å². The molecule has 0 N–H and O–H groups in total. The smallest absolute Gasteiger partial charge is 0.262 e. The van der Waals surface area contributed by atoms with Crippen molar-refractivity contribution in [2.75, 3.05) is 13.7 Å². The lowest BCUT2D eigenvalue weighted by molar-refractivity contribution is 0.183. The van der Waals surface area contributed by atoms with Gasteiger partial charge in [-0.3, -0.25) is 14.0 Å². The first kappa shape index (κ1) is 17.2. The highest BCUT2D eigenvalue weighted by Crippen LogP contribution is 2.23. The Morgan fingerprint density at radius 2 is 2.21 bits per heavy atom. The van der Waals surface area contributed by atoms with Gasteiger partial charge in [-0.05, 0) is 18.2 Å². The summed E-state index contributed by atoms with van der Waals surface area (Å²) in [5.41, 5.74) is 1.74. The standard InChI is InChI=1S/C16H17BrN4O2S/c1-20-9-11(8-18-20)10-24-16-19-14-4-3-12(17)7-13(14)15(22)21(16)5-6-23-2/h3-4,7-9H,5-6,10H2,1-2H3. The molecular formula is C16H17BrN4O2S. The second-order valence-corrected chi connectivity index (χ2v) is 7.17. The van der Waals surface area contributed by atoms with E-state index in [9.17, 15) is 4.79 Å². The normalized spacial score (nSPS) is 11.3. The summed E-state index contributed by atoms with van der Waals surface area (Å²) in [5.74, 6) is 0.704. The van der Waals surface area contributed by atoms with Gasteiger partial charge < -0.3 is 4.74 Å². The van der Waals surface area contributed by atoms with Crippen molar-refractivity contribution in [2.45, 2.75) is 17.5 Å². The fraction of sp³-hybridized carbons (Fsp3) is 0.312. The maximum absolute atomic E-state index is 12.8. The maximum atomic E-state index is 12.8. The van der Waals surface area contributed by atoms with Gasteiger partial charge in [-0.2, -0.15) is 5.10 Å². The van der Waals surface area contributed by atoms with Crippen molar-refractivity contribution < 1.29 is 4.74 Å². The van der Waals surface area contributed by atoms with Crippen LogP contribution in [-0.4, -0.2) is 33.0 Å². The van der Waals surface area contributed by atoms with Crippen molar-refractivity contribution in [3.63, 3.8) is 0 Å². The molecule has 0 aliphatic rings. The van der Waals surface area contributed by atoms with E-state index in [-0.39, 0.29) is 5.56 Å². The zero-order valence-electron chi connectivity index (χ0n) is 13.4. The number of thioether (sulfide) groups is 1. The SMILES string of the molecule is COCCn1c(SCc2cnn(C)c2)nc2ccc(Br)cc2c1=O. The second-order valence-electron chi connectivity index (χ2n) is 5.32. The molecule has 24 heavy (non-hydrogen) atoms. The van der Waals surface area contributed by atoms with E-state index in [1.807, 2.05) is 37.6 Å². The fourth-order valence-electron chi connectivity index (χ4n) is 2.36. The molecule has 2 heterocycles.